The summed E-state index contributed by atoms with van der Waals surface area (Å²) in [7, 11) is 2.12. The van der Waals surface area contributed by atoms with Gasteiger partial charge in [0, 0.05) is 50.6 Å². The summed E-state index contributed by atoms with van der Waals surface area (Å²) in [5.74, 6) is 0.472. The molecule has 0 aliphatic carbocycles. The van der Waals surface area contributed by atoms with Gasteiger partial charge in [-0.3, -0.25) is 4.90 Å². The first-order valence-corrected chi connectivity index (χ1v) is 9.46. The van der Waals surface area contributed by atoms with Gasteiger partial charge in [-0.1, -0.05) is 12.1 Å². The van der Waals surface area contributed by atoms with Crippen molar-refractivity contribution >= 4 is 5.65 Å². The Balaban J connectivity index is 1.46. The summed E-state index contributed by atoms with van der Waals surface area (Å²) < 4.78 is 45.8. The van der Waals surface area contributed by atoms with Crippen LogP contribution in [0.5, 0.6) is 5.88 Å². The number of piperazine rings is 1. The average Bonchev–Trinajstić information content (AvgIpc) is 3.12. The van der Waals surface area contributed by atoms with E-state index in [0.29, 0.717) is 29.3 Å². The number of likely N-dealkylation sites (N-methyl/N-ethyl adjacent to an activating group) is 1. The van der Waals surface area contributed by atoms with Gasteiger partial charge in [0.2, 0.25) is 5.88 Å². The zero-order valence-corrected chi connectivity index (χ0v) is 16.1. The molecule has 3 heterocycles. The van der Waals surface area contributed by atoms with Gasteiger partial charge in [-0.25, -0.2) is 4.52 Å². The molecule has 6 nitrogen and oxygen atoms in total. The molecular weight excluding hydrogens is 383 g/mol. The summed E-state index contributed by atoms with van der Waals surface area (Å²) >= 11 is 0. The first-order valence-electron chi connectivity index (χ1n) is 9.46. The third kappa shape index (κ3) is 4.51. The molecule has 4 rings (SSSR count). The number of aromatic nitrogens is 3. The number of rotatable bonds is 5. The van der Waals surface area contributed by atoms with Crippen LogP contribution >= 0.6 is 0 Å². The van der Waals surface area contributed by atoms with E-state index in [4.69, 9.17) is 4.74 Å². The summed E-state index contributed by atoms with van der Waals surface area (Å²) in [5, 5.41) is 4.23. The molecule has 29 heavy (non-hydrogen) atoms. The van der Waals surface area contributed by atoms with E-state index in [0.717, 1.165) is 44.9 Å². The zero-order chi connectivity index (χ0) is 20.4. The summed E-state index contributed by atoms with van der Waals surface area (Å²) in [4.78, 5) is 9.16. The Kier molecular flexibility index (Phi) is 5.42. The fraction of sp³-hybridized carbons (Fsp3) is 0.400. The molecule has 1 fully saturated rings. The topological polar surface area (TPSA) is 45.9 Å². The second-order valence-electron chi connectivity index (χ2n) is 7.16. The minimum Gasteiger partial charge on any atom is -0.476 e. The highest BCUT2D eigenvalue weighted by atomic mass is 19.4. The number of benzene rings is 1. The lowest BCUT2D eigenvalue weighted by Crippen LogP contribution is -2.45. The van der Waals surface area contributed by atoms with Crippen LogP contribution in [-0.4, -0.2) is 70.8 Å². The molecule has 0 spiro atoms. The van der Waals surface area contributed by atoms with E-state index in [1.165, 1.54) is 12.1 Å². The Morgan fingerprint density at radius 3 is 2.45 bits per heavy atom. The summed E-state index contributed by atoms with van der Waals surface area (Å²) in [6.07, 6.45) is -1.03. The van der Waals surface area contributed by atoms with E-state index in [9.17, 15) is 13.2 Å². The number of halogens is 3. The van der Waals surface area contributed by atoms with Gasteiger partial charge >= 0.3 is 6.18 Å². The maximum atomic E-state index is 12.8. The molecule has 154 valence electrons. The molecule has 9 heteroatoms. The lowest BCUT2D eigenvalue weighted by Gasteiger charge is -2.32. The van der Waals surface area contributed by atoms with Gasteiger partial charge in [-0.15, -0.1) is 0 Å². The van der Waals surface area contributed by atoms with E-state index in [1.54, 1.807) is 23.0 Å². The second kappa shape index (κ2) is 8.00. The Hall–Kier alpha value is -2.65. The molecule has 1 aromatic carbocycles. The standard InChI is InChI=1S/C20H22F3N5O/c1-26-8-10-27(11-9-26)12-13-29-18-6-7-28-19(25-18)17(14-24-28)15-2-4-16(5-3-15)20(21,22)23/h2-7,14H,8-13H2,1H3. The summed E-state index contributed by atoms with van der Waals surface area (Å²) in [5.41, 5.74) is 1.14. The van der Waals surface area contributed by atoms with E-state index < -0.39 is 11.7 Å². The first-order chi connectivity index (χ1) is 13.9. The van der Waals surface area contributed by atoms with E-state index in [-0.39, 0.29) is 0 Å². The highest BCUT2D eigenvalue weighted by Crippen LogP contribution is 2.32. The van der Waals surface area contributed by atoms with Crippen molar-refractivity contribution < 1.29 is 17.9 Å². The molecule has 2 aromatic heterocycles. The van der Waals surface area contributed by atoms with Crippen LogP contribution in [0.15, 0.2) is 42.7 Å². The van der Waals surface area contributed by atoms with E-state index in [2.05, 4.69) is 26.9 Å². The zero-order valence-electron chi connectivity index (χ0n) is 16.1. The number of hydrogen-bond acceptors (Lipinski definition) is 5. The molecule has 0 saturated carbocycles. The minimum atomic E-state index is -4.36. The molecule has 0 amide bonds. The smallest absolute Gasteiger partial charge is 0.416 e. The van der Waals surface area contributed by atoms with Crippen molar-refractivity contribution in [2.24, 2.45) is 0 Å². The largest absolute Gasteiger partial charge is 0.476 e. The Labute approximate surface area is 166 Å². The number of hydrogen-bond donors (Lipinski definition) is 0. The van der Waals surface area contributed by atoms with Crippen LogP contribution in [0.4, 0.5) is 13.2 Å². The van der Waals surface area contributed by atoms with Crippen LogP contribution in [-0.2, 0) is 6.18 Å². The van der Waals surface area contributed by atoms with Crippen molar-refractivity contribution in [1.82, 2.24) is 24.4 Å². The summed E-state index contributed by atoms with van der Waals surface area (Å²) in [6.45, 7) is 5.50. The number of fused-ring (bicyclic) bond motifs is 1. The Morgan fingerprint density at radius 1 is 1.03 bits per heavy atom. The van der Waals surface area contributed by atoms with Gasteiger partial charge in [0.05, 0.1) is 11.8 Å². The fourth-order valence-corrected chi connectivity index (χ4v) is 3.33. The second-order valence-corrected chi connectivity index (χ2v) is 7.16. The van der Waals surface area contributed by atoms with E-state index >= 15 is 0 Å². The lowest BCUT2D eigenvalue weighted by molar-refractivity contribution is -0.137. The van der Waals surface area contributed by atoms with Crippen LogP contribution < -0.4 is 4.74 Å². The van der Waals surface area contributed by atoms with Crippen LogP contribution in [0, 0.1) is 0 Å². The van der Waals surface area contributed by atoms with Crippen LogP contribution in [0.3, 0.4) is 0 Å². The van der Waals surface area contributed by atoms with Crippen LogP contribution in [0.2, 0.25) is 0 Å². The number of alkyl halides is 3. The monoisotopic (exact) mass is 405 g/mol. The molecule has 1 saturated heterocycles. The Bertz CT molecular complexity index is 962. The van der Waals surface area contributed by atoms with Crippen molar-refractivity contribution in [3.8, 4) is 17.0 Å². The van der Waals surface area contributed by atoms with Crippen molar-refractivity contribution in [3.63, 3.8) is 0 Å². The summed E-state index contributed by atoms with van der Waals surface area (Å²) in [6, 6.07) is 6.73. The molecule has 0 bridgehead atoms. The Morgan fingerprint density at radius 2 is 1.76 bits per heavy atom. The SMILES string of the molecule is CN1CCN(CCOc2ccn3ncc(-c4ccc(C(F)(F)F)cc4)c3n2)CC1. The van der Waals surface area contributed by atoms with Crippen molar-refractivity contribution in [2.75, 3.05) is 46.4 Å². The molecule has 0 atom stereocenters. The lowest BCUT2D eigenvalue weighted by atomic mass is 10.1. The molecule has 0 radical (unpaired) electrons. The predicted molar refractivity (Wildman–Crippen MR) is 103 cm³/mol. The normalized spacial score (nSPS) is 16.4. The van der Waals surface area contributed by atoms with Crippen LogP contribution in [0.25, 0.3) is 16.8 Å². The van der Waals surface area contributed by atoms with Gasteiger partial charge < -0.3 is 9.64 Å². The minimum absolute atomic E-state index is 0.472. The molecule has 0 unspecified atom stereocenters. The van der Waals surface area contributed by atoms with Crippen molar-refractivity contribution in [2.45, 2.75) is 6.18 Å². The molecule has 0 N–H and O–H groups in total. The maximum absolute atomic E-state index is 12.8. The van der Waals surface area contributed by atoms with Gasteiger partial charge in [-0.05, 0) is 24.7 Å². The van der Waals surface area contributed by atoms with Gasteiger partial charge in [-0.2, -0.15) is 23.3 Å². The van der Waals surface area contributed by atoms with Crippen LogP contribution in [0.1, 0.15) is 5.56 Å². The highest BCUT2D eigenvalue weighted by Gasteiger charge is 2.30. The average molecular weight is 405 g/mol. The quantitative estimate of drug-likeness (QED) is 0.653. The third-order valence-corrected chi connectivity index (χ3v) is 5.12. The predicted octanol–water partition coefficient (Wildman–Crippen LogP) is 3.04. The van der Waals surface area contributed by atoms with Crippen molar-refractivity contribution in [1.29, 1.82) is 0 Å². The molecular formula is C20H22F3N5O. The molecule has 1 aliphatic rings. The van der Waals surface area contributed by atoms with Gasteiger partial charge in [0.15, 0.2) is 5.65 Å². The number of nitrogens with zero attached hydrogens (tertiary/aromatic N) is 5. The first kappa shape index (κ1) is 19.7. The molecule has 1 aliphatic heterocycles. The van der Waals surface area contributed by atoms with Crippen molar-refractivity contribution in [3.05, 3.63) is 48.3 Å². The fourth-order valence-electron chi connectivity index (χ4n) is 3.33. The van der Waals surface area contributed by atoms with E-state index in [1.807, 2.05) is 0 Å². The highest BCUT2D eigenvalue weighted by molar-refractivity contribution is 5.77. The molecule has 3 aromatic rings. The van der Waals surface area contributed by atoms with Gasteiger partial charge in [0.1, 0.15) is 6.61 Å². The third-order valence-electron chi connectivity index (χ3n) is 5.12. The number of ether oxygens (including phenoxy) is 1. The van der Waals surface area contributed by atoms with Gasteiger partial charge in [0.25, 0.3) is 0 Å². The maximum Gasteiger partial charge on any atom is 0.416 e.